The molecule has 1 nitrogen and oxygen atoms in total. The highest BCUT2D eigenvalue weighted by Gasteiger charge is 1.80. The molecule has 0 N–H and O–H groups in total. The van der Waals surface area contributed by atoms with Crippen molar-refractivity contribution < 1.29 is 4.79 Å². The Labute approximate surface area is 56.1 Å². The number of allylic oxidation sites excluding steroid dienone is 4. The zero-order chi connectivity index (χ0) is 7.28. The van der Waals surface area contributed by atoms with Crippen LogP contribution in [0.3, 0.4) is 0 Å². The molecule has 0 aliphatic rings. The molecule has 0 aliphatic carbocycles. The summed E-state index contributed by atoms with van der Waals surface area (Å²) in [6.07, 6.45) is 5.33. The van der Waals surface area contributed by atoms with E-state index in [0.717, 1.165) is 5.57 Å². The summed E-state index contributed by atoms with van der Waals surface area (Å²) in [5, 5.41) is 0. The molecule has 0 saturated carbocycles. The van der Waals surface area contributed by atoms with Crippen molar-refractivity contribution in [2.45, 2.75) is 20.8 Å². The van der Waals surface area contributed by atoms with Crippen molar-refractivity contribution in [3.63, 3.8) is 0 Å². The van der Waals surface area contributed by atoms with Crippen LogP contribution in [-0.2, 0) is 4.79 Å². The van der Waals surface area contributed by atoms with Gasteiger partial charge in [-0.25, -0.2) is 0 Å². The molecule has 1 heteroatoms. The van der Waals surface area contributed by atoms with Crippen molar-refractivity contribution in [2.24, 2.45) is 0 Å². The predicted molar refractivity (Wildman–Crippen MR) is 39.3 cm³/mol. The van der Waals surface area contributed by atoms with E-state index in [1.165, 1.54) is 0 Å². The van der Waals surface area contributed by atoms with Crippen LogP contribution in [-0.4, -0.2) is 5.78 Å². The average molecular weight is 124 g/mol. The van der Waals surface area contributed by atoms with Gasteiger partial charge < -0.3 is 0 Å². The van der Waals surface area contributed by atoms with Gasteiger partial charge in [0.1, 0.15) is 0 Å². The van der Waals surface area contributed by atoms with Crippen molar-refractivity contribution in [1.82, 2.24) is 0 Å². The van der Waals surface area contributed by atoms with Crippen LogP contribution in [0.5, 0.6) is 0 Å². The van der Waals surface area contributed by atoms with Crippen LogP contribution < -0.4 is 0 Å². The monoisotopic (exact) mass is 124 g/mol. The van der Waals surface area contributed by atoms with Crippen LogP contribution in [0.4, 0.5) is 0 Å². The highest BCUT2D eigenvalue weighted by atomic mass is 16.1. The average Bonchev–Trinajstić information content (AvgIpc) is 1.83. The summed E-state index contributed by atoms with van der Waals surface area (Å²) >= 11 is 0. The Morgan fingerprint density at radius 2 is 1.78 bits per heavy atom. The third-order valence-electron chi connectivity index (χ3n) is 1.04. The van der Waals surface area contributed by atoms with Gasteiger partial charge in [-0.3, -0.25) is 4.79 Å². The summed E-state index contributed by atoms with van der Waals surface area (Å²) in [4.78, 5) is 10.4. The van der Waals surface area contributed by atoms with E-state index in [1.807, 2.05) is 26.0 Å². The normalized spacial score (nSPS) is 12.6. The molecule has 9 heavy (non-hydrogen) atoms. The van der Waals surface area contributed by atoms with Crippen LogP contribution in [0.1, 0.15) is 20.8 Å². The van der Waals surface area contributed by atoms with Gasteiger partial charge in [-0.15, -0.1) is 0 Å². The summed E-state index contributed by atoms with van der Waals surface area (Å²) in [7, 11) is 0. The minimum atomic E-state index is 0.0937. The third kappa shape index (κ3) is 5.01. The van der Waals surface area contributed by atoms with Crippen molar-refractivity contribution in [1.29, 1.82) is 0 Å². The second-order valence-corrected chi connectivity index (χ2v) is 1.98. The molecule has 0 aromatic carbocycles. The largest absolute Gasteiger partial charge is 0.295 e. The second kappa shape index (κ2) is 4.07. The fraction of sp³-hybridized carbons (Fsp3) is 0.375. The molecule has 0 unspecified atom stereocenters. The van der Waals surface area contributed by atoms with Gasteiger partial charge in [-0.05, 0) is 26.8 Å². The maximum absolute atomic E-state index is 10.4. The molecule has 0 fully saturated rings. The Bertz CT molecular complexity index is 152. The van der Waals surface area contributed by atoms with E-state index in [-0.39, 0.29) is 5.78 Å². The zero-order valence-electron chi connectivity index (χ0n) is 6.14. The van der Waals surface area contributed by atoms with Gasteiger partial charge in [0.15, 0.2) is 5.78 Å². The number of hydrogen-bond acceptors (Lipinski definition) is 1. The highest BCUT2D eigenvalue weighted by molar-refractivity contribution is 5.87. The lowest BCUT2D eigenvalue weighted by Crippen LogP contribution is -1.79. The molecular weight excluding hydrogens is 112 g/mol. The lowest BCUT2D eigenvalue weighted by Gasteiger charge is -1.84. The quantitative estimate of drug-likeness (QED) is 0.407. The number of hydrogen-bond donors (Lipinski definition) is 0. The lowest BCUT2D eigenvalue weighted by atomic mass is 10.2. The molecule has 0 aromatic rings. The van der Waals surface area contributed by atoms with Crippen LogP contribution >= 0.6 is 0 Å². The molecule has 0 bridgehead atoms. The van der Waals surface area contributed by atoms with Crippen molar-refractivity contribution in [3.05, 3.63) is 23.8 Å². The van der Waals surface area contributed by atoms with Crippen LogP contribution in [0, 0.1) is 0 Å². The van der Waals surface area contributed by atoms with Gasteiger partial charge in [0.2, 0.25) is 0 Å². The van der Waals surface area contributed by atoms with Crippen LogP contribution in [0.25, 0.3) is 0 Å². The summed E-state index contributed by atoms with van der Waals surface area (Å²) in [6, 6.07) is 0. The maximum atomic E-state index is 10.4. The lowest BCUT2D eigenvalue weighted by molar-refractivity contribution is -0.112. The standard InChI is InChI=1S/C8H12O/c1-4-7(2)5-6-8(3)9/h4-6H,1-3H3/b6-5+,7-4+. The number of carbonyl (C=O) groups is 1. The molecule has 0 aliphatic heterocycles. The Morgan fingerprint density at radius 3 is 2.11 bits per heavy atom. The Kier molecular flexibility index (Phi) is 3.69. The Balaban J connectivity index is 3.86. The van der Waals surface area contributed by atoms with E-state index < -0.39 is 0 Å². The van der Waals surface area contributed by atoms with E-state index in [9.17, 15) is 4.79 Å². The van der Waals surface area contributed by atoms with Crippen LogP contribution in [0.15, 0.2) is 23.8 Å². The molecule has 0 heterocycles. The minimum absolute atomic E-state index is 0.0937. The topological polar surface area (TPSA) is 17.1 Å². The Hall–Kier alpha value is -0.850. The van der Waals surface area contributed by atoms with Gasteiger partial charge in [0.05, 0.1) is 0 Å². The van der Waals surface area contributed by atoms with Crippen LogP contribution in [0.2, 0.25) is 0 Å². The summed E-state index contributed by atoms with van der Waals surface area (Å²) < 4.78 is 0. The van der Waals surface area contributed by atoms with E-state index in [2.05, 4.69) is 0 Å². The molecule has 0 atom stereocenters. The molecule has 0 saturated heterocycles. The van der Waals surface area contributed by atoms with Crippen molar-refractivity contribution in [3.8, 4) is 0 Å². The van der Waals surface area contributed by atoms with Gasteiger partial charge in [0, 0.05) is 0 Å². The maximum Gasteiger partial charge on any atom is 0.152 e. The molecule has 0 radical (unpaired) electrons. The Morgan fingerprint density at radius 1 is 1.22 bits per heavy atom. The van der Waals surface area contributed by atoms with E-state index in [1.54, 1.807) is 13.0 Å². The molecule has 0 amide bonds. The fourth-order valence-corrected chi connectivity index (χ4v) is 0.345. The summed E-state index contributed by atoms with van der Waals surface area (Å²) in [6.45, 7) is 5.44. The highest BCUT2D eigenvalue weighted by Crippen LogP contribution is 1.92. The molecule has 0 spiro atoms. The fourth-order valence-electron chi connectivity index (χ4n) is 0.345. The summed E-state index contributed by atoms with van der Waals surface area (Å²) in [5.74, 6) is 0.0937. The number of ketones is 1. The first kappa shape index (κ1) is 8.15. The van der Waals surface area contributed by atoms with Gasteiger partial charge in [-0.1, -0.05) is 17.7 Å². The van der Waals surface area contributed by atoms with Gasteiger partial charge in [-0.2, -0.15) is 0 Å². The SMILES string of the molecule is C/C=C(C)/C=C/C(C)=O. The van der Waals surface area contributed by atoms with Crippen molar-refractivity contribution >= 4 is 5.78 Å². The molecule has 0 rings (SSSR count). The number of rotatable bonds is 2. The third-order valence-corrected chi connectivity index (χ3v) is 1.04. The van der Waals surface area contributed by atoms with E-state index in [4.69, 9.17) is 0 Å². The summed E-state index contributed by atoms with van der Waals surface area (Å²) in [5.41, 5.74) is 1.12. The van der Waals surface area contributed by atoms with Gasteiger partial charge in [0.25, 0.3) is 0 Å². The second-order valence-electron chi connectivity index (χ2n) is 1.98. The smallest absolute Gasteiger partial charge is 0.152 e. The van der Waals surface area contributed by atoms with E-state index in [0.29, 0.717) is 0 Å². The zero-order valence-corrected chi connectivity index (χ0v) is 6.14. The minimum Gasteiger partial charge on any atom is -0.295 e. The van der Waals surface area contributed by atoms with E-state index >= 15 is 0 Å². The first-order valence-electron chi connectivity index (χ1n) is 2.98. The molecular formula is C8H12O. The van der Waals surface area contributed by atoms with Gasteiger partial charge >= 0.3 is 0 Å². The molecule has 0 aromatic heterocycles. The van der Waals surface area contributed by atoms with Crippen molar-refractivity contribution in [2.75, 3.05) is 0 Å². The predicted octanol–water partition coefficient (Wildman–Crippen LogP) is 2.10. The molecule has 50 valence electrons. The number of carbonyl (C=O) groups excluding carboxylic acids is 1. The first-order valence-corrected chi connectivity index (χ1v) is 2.98. The first-order chi connectivity index (χ1) is 4.16.